The van der Waals surface area contributed by atoms with E-state index in [0.29, 0.717) is 21.3 Å². The number of nitrogens with one attached hydrogen (secondary N) is 2. The summed E-state index contributed by atoms with van der Waals surface area (Å²) in [6, 6.07) is 5.17. The molecule has 98 valence electrons. The number of hydrogen-bond acceptors (Lipinski definition) is 4. The number of benzene rings is 1. The van der Waals surface area contributed by atoms with E-state index in [1.807, 2.05) is 0 Å². The van der Waals surface area contributed by atoms with Crippen LogP contribution in [0.4, 0.5) is 5.69 Å². The second kappa shape index (κ2) is 6.06. The Hall–Kier alpha value is -1.56. The fourth-order valence-electron chi connectivity index (χ4n) is 1.25. The zero-order valence-corrected chi connectivity index (χ0v) is 11.6. The van der Waals surface area contributed by atoms with E-state index in [-0.39, 0.29) is 5.02 Å². The Labute approximate surface area is 123 Å². The maximum Gasteiger partial charge on any atom is 0.285 e. The average molecular weight is 318 g/mol. The quantitative estimate of drug-likeness (QED) is 0.675. The summed E-state index contributed by atoms with van der Waals surface area (Å²) in [5.74, 6) is 0. The van der Waals surface area contributed by atoms with E-state index in [1.165, 1.54) is 12.4 Å². The molecule has 0 fully saturated rings. The van der Waals surface area contributed by atoms with Crippen LogP contribution in [0.5, 0.6) is 0 Å². The monoisotopic (exact) mass is 316 g/mol. The van der Waals surface area contributed by atoms with Crippen molar-refractivity contribution in [2.45, 2.75) is 0 Å². The minimum absolute atomic E-state index is 0.0238. The van der Waals surface area contributed by atoms with E-state index in [0.717, 1.165) is 0 Å². The van der Waals surface area contributed by atoms with Gasteiger partial charge in [-0.25, -0.2) is 5.10 Å². The van der Waals surface area contributed by atoms with Gasteiger partial charge in [-0.05, 0) is 6.07 Å². The van der Waals surface area contributed by atoms with Gasteiger partial charge in [-0.1, -0.05) is 46.9 Å². The fourth-order valence-corrected chi connectivity index (χ4v) is 1.74. The highest BCUT2D eigenvalue weighted by molar-refractivity contribution is 6.43. The number of nitrogens with zero attached hydrogens (tertiary/aromatic N) is 2. The summed E-state index contributed by atoms with van der Waals surface area (Å²) in [5, 5.41) is 10.5. The van der Waals surface area contributed by atoms with Gasteiger partial charge in [0.25, 0.3) is 5.56 Å². The van der Waals surface area contributed by atoms with Crippen molar-refractivity contribution in [1.82, 2.24) is 10.2 Å². The molecule has 0 aliphatic rings. The molecule has 0 aliphatic carbocycles. The van der Waals surface area contributed by atoms with Crippen LogP contribution in [0.2, 0.25) is 15.1 Å². The molecule has 5 nitrogen and oxygen atoms in total. The van der Waals surface area contributed by atoms with Crippen molar-refractivity contribution in [3.63, 3.8) is 0 Å². The highest BCUT2D eigenvalue weighted by atomic mass is 35.5. The van der Waals surface area contributed by atoms with E-state index in [2.05, 4.69) is 20.7 Å². The lowest BCUT2D eigenvalue weighted by Crippen LogP contribution is -2.10. The van der Waals surface area contributed by atoms with Gasteiger partial charge in [0.2, 0.25) is 0 Å². The number of halogens is 3. The molecule has 0 atom stereocenters. The molecule has 0 bridgehead atoms. The second-order valence-electron chi connectivity index (χ2n) is 3.44. The van der Waals surface area contributed by atoms with Gasteiger partial charge in [0.05, 0.1) is 22.5 Å². The second-order valence-corrected chi connectivity index (χ2v) is 4.60. The van der Waals surface area contributed by atoms with Gasteiger partial charge < -0.3 is 0 Å². The van der Waals surface area contributed by atoms with E-state index < -0.39 is 5.56 Å². The van der Waals surface area contributed by atoms with Crippen LogP contribution in [-0.4, -0.2) is 16.4 Å². The Morgan fingerprint density at radius 3 is 2.84 bits per heavy atom. The van der Waals surface area contributed by atoms with Gasteiger partial charge in [-0.15, -0.1) is 0 Å². The van der Waals surface area contributed by atoms with Crippen molar-refractivity contribution in [3.05, 3.63) is 55.4 Å². The maximum atomic E-state index is 11.2. The minimum Gasteiger partial charge on any atom is -0.275 e. The van der Waals surface area contributed by atoms with Crippen molar-refractivity contribution < 1.29 is 0 Å². The topological polar surface area (TPSA) is 70.1 Å². The van der Waals surface area contributed by atoms with Gasteiger partial charge in [-0.3, -0.25) is 10.2 Å². The molecule has 8 heteroatoms. The molecule has 0 unspecified atom stereocenters. The van der Waals surface area contributed by atoms with Crippen molar-refractivity contribution >= 4 is 46.7 Å². The van der Waals surface area contributed by atoms with Crippen LogP contribution in [0, 0.1) is 0 Å². The number of aromatic amines is 1. The number of hydrogen-bond donors (Lipinski definition) is 2. The molecular weight excluding hydrogens is 311 g/mol. The largest absolute Gasteiger partial charge is 0.285 e. The smallest absolute Gasteiger partial charge is 0.275 e. The van der Waals surface area contributed by atoms with Crippen LogP contribution in [0.25, 0.3) is 0 Å². The van der Waals surface area contributed by atoms with E-state index >= 15 is 0 Å². The van der Waals surface area contributed by atoms with Gasteiger partial charge in [-0.2, -0.15) is 10.2 Å². The first-order valence-corrected chi connectivity index (χ1v) is 6.19. The van der Waals surface area contributed by atoms with Crippen LogP contribution in [-0.2, 0) is 0 Å². The van der Waals surface area contributed by atoms with Crippen LogP contribution in [0.15, 0.2) is 34.3 Å². The average Bonchev–Trinajstić information content (AvgIpc) is 2.39. The molecule has 2 rings (SSSR count). The fraction of sp³-hybridized carbons (Fsp3) is 0. The third-order valence-corrected chi connectivity index (χ3v) is 3.37. The van der Waals surface area contributed by atoms with Crippen molar-refractivity contribution in [2.75, 3.05) is 5.43 Å². The summed E-state index contributed by atoms with van der Waals surface area (Å²) in [5.41, 5.74) is 3.03. The first-order chi connectivity index (χ1) is 9.09. The minimum atomic E-state index is -0.498. The summed E-state index contributed by atoms with van der Waals surface area (Å²) < 4.78 is 0. The first-order valence-electron chi connectivity index (χ1n) is 5.06. The third kappa shape index (κ3) is 3.26. The lowest BCUT2D eigenvalue weighted by atomic mass is 10.2. The number of rotatable bonds is 3. The molecule has 2 aromatic rings. The normalized spacial score (nSPS) is 10.9. The maximum absolute atomic E-state index is 11.2. The lowest BCUT2D eigenvalue weighted by Gasteiger charge is -2.02. The number of H-pyrrole nitrogens is 1. The molecule has 2 N–H and O–H groups in total. The molecular formula is C11H7Cl3N4O. The van der Waals surface area contributed by atoms with Crippen LogP contribution < -0.4 is 11.0 Å². The van der Waals surface area contributed by atoms with Gasteiger partial charge >= 0.3 is 0 Å². The van der Waals surface area contributed by atoms with Gasteiger partial charge in [0.1, 0.15) is 10.7 Å². The Balaban J connectivity index is 2.18. The van der Waals surface area contributed by atoms with Crippen molar-refractivity contribution in [3.8, 4) is 0 Å². The zero-order chi connectivity index (χ0) is 13.8. The van der Waals surface area contributed by atoms with Crippen molar-refractivity contribution in [2.24, 2.45) is 5.10 Å². The molecule has 0 amide bonds. The molecule has 1 aromatic carbocycles. The Morgan fingerprint density at radius 2 is 2.05 bits per heavy atom. The first kappa shape index (κ1) is 13.9. The molecule has 19 heavy (non-hydrogen) atoms. The SMILES string of the molecule is O=c1[nH]ncc(N/N=C\c2cccc(Cl)c2Cl)c1Cl. The van der Waals surface area contributed by atoms with Crippen LogP contribution in [0.1, 0.15) is 5.56 Å². The lowest BCUT2D eigenvalue weighted by molar-refractivity contribution is 0.987. The molecule has 1 aromatic heterocycles. The third-order valence-electron chi connectivity index (χ3n) is 2.17. The molecule has 0 saturated carbocycles. The van der Waals surface area contributed by atoms with Crippen molar-refractivity contribution in [1.29, 1.82) is 0 Å². The predicted octanol–water partition coefficient (Wildman–Crippen LogP) is 3.18. The summed E-state index contributed by atoms with van der Waals surface area (Å²) in [4.78, 5) is 11.2. The van der Waals surface area contributed by atoms with Crippen LogP contribution >= 0.6 is 34.8 Å². The van der Waals surface area contributed by atoms with E-state index in [4.69, 9.17) is 34.8 Å². The highest BCUT2D eigenvalue weighted by Gasteiger charge is 2.04. The number of anilines is 1. The Bertz CT molecular complexity index is 684. The summed E-state index contributed by atoms with van der Waals surface area (Å²) in [6.45, 7) is 0. The molecule has 0 spiro atoms. The molecule has 0 aliphatic heterocycles. The standard InChI is InChI=1S/C11H7Cl3N4O/c12-7-3-1-2-6(9(7)13)4-15-17-8-5-16-18-11(19)10(8)14/h1-5H,(H2,17,18,19)/b15-4-. The van der Waals surface area contributed by atoms with E-state index in [9.17, 15) is 4.79 Å². The molecule has 0 radical (unpaired) electrons. The summed E-state index contributed by atoms with van der Waals surface area (Å²) in [7, 11) is 0. The zero-order valence-electron chi connectivity index (χ0n) is 9.32. The number of aromatic nitrogens is 2. The van der Waals surface area contributed by atoms with Gasteiger partial charge in [0.15, 0.2) is 0 Å². The highest BCUT2D eigenvalue weighted by Crippen LogP contribution is 2.24. The summed E-state index contributed by atoms with van der Waals surface area (Å²) >= 11 is 17.6. The Kier molecular flexibility index (Phi) is 4.42. The van der Waals surface area contributed by atoms with Crippen LogP contribution in [0.3, 0.4) is 0 Å². The summed E-state index contributed by atoms with van der Waals surface area (Å²) in [6.07, 6.45) is 2.81. The van der Waals surface area contributed by atoms with E-state index in [1.54, 1.807) is 18.2 Å². The van der Waals surface area contributed by atoms with Gasteiger partial charge in [0, 0.05) is 5.56 Å². The predicted molar refractivity (Wildman–Crippen MR) is 77.5 cm³/mol. The molecule has 1 heterocycles. The Morgan fingerprint density at radius 1 is 1.26 bits per heavy atom. The number of hydrazone groups is 1. The molecule has 0 saturated heterocycles.